The molecule has 0 aromatic carbocycles. The number of aryl methyl sites for hydroxylation is 1. The number of nitrogens with zero attached hydrogens (tertiary/aromatic N) is 2. The van der Waals surface area contributed by atoms with Crippen molar-refractivity contribution >= 4 is 0 Å². The molecule has 0 aliphatic heterocycles. The molecule has 84 valence electrons. The highest BCUT2D eigenvalue weighted by Gasteiger charge is 2.05. The van der Waals surface area contributed by atoms with Crippen molar-refractivity contribution in [3.8, 4) is 0 Å². The molecule has 0 unspecified atom stereocenters. The SMILES string of the molecule is CC.CCC.Cc1noc(C(C)C)n1. The molecule has 1 aromatic heterocycles. The van der Waals surface area contributed by atoms with Crippen LogP contribution in [0, 0.1) is 6.92 Å². The third-order valence-corrected chi connectivity index (χ3v) is 1.04. The molecule has 3 heteroatoms. The van der Waals surface area contributed by atoms with E-state index in [9.17, 15) is 0 Å². The van der Waals surface area contributed by atoms with Crippen LogP contribution in [0.2, 0.25) is 0 Å². The molecule has 0 amide bonds. The summed E-state index contributed by atoms with van der Waals surface area (Å²) in [4.78, 5) is 4.03. The molecule has 0 radical (unpaired) electrons. The molecule has 1 aromatic rings. The smallest absolute Gasteiger partial charge is 0.229 e. The first-order valence-corrected chi connectivity index (χ1v) is 5.42. The number of hydrogen-bond acceptors (Lipinski definition) is 3. The first-order valence-electron chi connectivity index (χ1n) is 5.42. The van der Waals surface area contributed by atoms with Crippen LogP contribution in [0.1, 0.15) is 65.6 Å². The van der Waals surface area contributed by atoms with Gasteiger partial charge in [0, 0.05) is 5.92 Å². The summed E-state index contributed by atoms with van der Waals surface area (Å²) in [7, 11) is 0. The summed E-state index contributed by atoms with van der Waals surface area (Å²) < 4.78 is 4.86. The quantitative estimate of drug-likeness (QED) is 0.689. The molecule has 0 aliphatic rings. The zero-order valence-corrected chi connectivity index (χ0v) is 10.6. The van der Waals surface area contributed by atoms with E-state index in [4.69, 9.17) is 4.52 Å². The van der Waals surface area contributed by atoms with E-state index in [2.05, 4.69) is 24.0 Å². The van der Waals surface area contributed by atoms with Crippen molar-refractivity contribution < 1.29 is 4.52 Å². The Labute approximate surface area is 87.9 Å². The zero-order chi connectivity index (χ0) is 11.6. The van der Waals surface area contributed by atoms with E-state index in [0.29, 0.717) is 17.6 Å². The van der Waals surface area contributed by atoms with Crippen molar-refractivity contribution in [3.05, 3.63) is 11.7 Å². The van der Waals surface area contributed by atoms with E-state index in [1.807, 2.05) is 34.6 Å². The minimum atomic E-state index is 0.339. The third kappa shape index (κ3) is 7.77. The lowest BCUT2D eigenvalue weighted by atomic mass is 10.2. The fraction of sp³-hybridized carbons (Fsp3) is 0.818. The zero-order valence-electron chi connectivity index (χ0n) is 10.6. The van der Waals surface area contributed by atoms with Gasteiger partial charge in [-0.2, -0.15) is 4.98 Å². The minimum Gasteiger partial charge on any atom is -0.339 e. The third-order valence-electron chi connectivity index (χ3n) is 1.04. The standard InChI is InChI=1S/C6H10N2O.C3H8.C2H6/c1-4(2)6-7-5(3)8-9-6;1-3-2;1-2/h4H,1-3H3;3H2,1-2H3;1-2H3. The lowest BCUT2D eigenvalue weighted by Gasteiger charge is -1.91. The summed E-state index contributed by atoms with van der Waals surface area (Å²) in [5, 5.41) is 3.65. The molecule has 0 aliphatic carbocycles. The van der Waals surface area contributed by atoms with Crippen LogP contribution in [0.25, 0.3) is 0 Å². The minimum absolute atomic E-state index is 0.339. The van der Waals surface area contributed by atoms with Gasteiger partial charge in [0.1, 0.15) is 0 Å². The Balaban J connectivity index is 0. The van der Waals surface area contributed by atoms with Crippen LogP contribution in [-0.4, -0.2) is 10.1 Å². The Kier molecular flexibility index (Phi) is 11.4. The second-order valence-corrected chi connectivity index (χ2v) is 3.04. The summed E-state index contributed by atoms with van der Waals surface area (Å²) in [6.45, 7) is 14.1. The van der Waals surface area contributed by atoms with Crippen LogP contribution in [0.4, 0.5) is 0 Å². The summed E-state index contributed by atoms with van der Waals surface area (Å²) in [5.41, 5.74) is 0. The maximum atomic E-state index is 4.86. The maximum Gasteiger partial charge on any atom is 0.229 e. The Hall–Kier alpha value is -0.860. The van der Waals surface area contributed by atoms with Gasteiger partial charge in [-0.25, -0.2) is 0 Å². The topological polar surface area (TPSA) is 38.9 Å². The van der Waals surface area contributed by atoms with Crippen LogP contribution in [0.15, 0.2) is 4.52 Å². The molecule has 0 bridgehead atoms. The molecule has 0 saturated heterocycles. The van der Waals surface area contributed by atoms with E-state index in [-0.39, 0.29) is 0 Å². The normalized spacial score (nSPS) is 8.57. The van der Waals surface area contributed by atoms with Gasteiger partial charge in [0.15, 0.2) is 5.82 Å². The molecule has 0 saturated carbocycles. The average Bonchev–Trinajstić information content (AvgIpc) is 2.57. The van der Waals surface area contributed by atoms with Gasteiger partial charge in [-0.05, 0) is 6.92 Å². The van der Waals surface area contributed by atoms with Crippen LogP contribution >= 0.6 is 0 Å². The molecular formula is C11H24N2O. The molecule has 0 N–H and O–H groups in total. The van der Waals surface area contributed by atoms with Crippen molar-refractivity contribution in [1.82, 2.24) is 10.1 Å². The van der Waals surface area contributed by atoms with Gasteiger partial charge in [-0.1, -0.05) is 53.1 Å². The lowest BCUT2D eigenvalue weighted by Crippen LogP contribution is -1.85. The predicted molar refractivity (Wildman–Crippen MR) is 60.4 cm³/mol. The summed E-state index contributed by atoms with van der Waals surface area (Å²) >= 11 is 0. The Bertz CT molecular complexity index is 207. The average molecular weight is 200 g/mol. The Morgan fingerprint density at radius 1 is 1.21 bits per heavy atom. The van der Waals surface area contributed by atoms with E-state index in [1.165, 1.54) is 6.42 Å². The van der Waals surface area contributed by atoms with Gasteiger partial charge in [0.2, 0.25) is 5.89 Å². The first-order chi connectivity index (χ1) is 6.61. The second-order valence-electron chi connectivity index (χ2n) is 3.04. The predicted octanol–water partition coefficient (Wildman–Crippen LogP) is 3.94. The van der Waals surface area contributed by atoms with Crippen molar-refractivity contribution in [2.75, 3.05) is 0 Å². The molecule has 14 heavy (non-hydrogen) atoms. The van der Waals surface area contributed by atoms with Crippen LogP contribution in [0.5, 0.6) is 0 Å². The van der Waals surface area contributed by atoms with E-state index < -0.39 is 0 Å². The van der Waals surface area contributed by atoms with E-state index in [0.717, 1.165) is 0 Å². The van der Waals surface area contributed by atoms with Gasteiger partial charge >= 0.3 is 0 Å². The van der Waals surface area contributed by atoms with Crippen LogP contribution in [-0.2, 0) is 0 Å². The molecule has 3 nitrogen and oxygen atoms in total. The van der Waals surface area contributed by atoms with Gasteiger partial charge in [0.05, 0.1) is 0 Å². The lowest BCUT2D eigenvalue weighted by molar-refractivity contribution is 0.362. The van der Waals surface area contributed by atoms with Crippen molar-refractivity contribution in [2.24, 2.45) is 0 Å². The Morgan fingerprint density at radius 2 is 1.64 bits per heavy atom. The molecule has 1 heterocycles. The highest BCUT2D eigenvalue weighted by Crippen LogP contribution is 2.09. The fourth-order valence-corrected chi connectivity index (χ4v) is 0.548. The molecule has 0 atom stereocenters. The monoisotopic (exact) mass is 200 g/mol. The molecular weight excluding hydrogens is 176 g/mol. The molecule has 1 rings (SSSR count). The second kappa shape index (κ2) is 10.2. The van der Waals surface area contributed by atoms with E-state index >= 15 is 0 Å². The first kappa shape index (κ1) is 15.6. The number of aromatic nitrogens is 2. The fourth-order valence-electron chi connectivity index (χ4n) is 0.548. The molecule has 0 fully saturated rings. The number of rotatable bonds is 1. The summed E-state index contributed by atoms with van der Waals surface area (Å²) in [6.07, 6.45) is 1.25. The van der Waals surface area contributed by atoms with Gasteiger partial charge in [-0.15, -0.1) is 0 Å². The van der Waals surface area contributed by atoms with Crippen molar-refractivity contribution in [1.29, 1.82) is 0 Å². The Morgan fingerprint density at radius 3 is 1.79 bits per heavy atom. The number of hydrogen-bond donors (Lipinski definition) is 0. The summed E-state index contributed by atoms with van der Waals surface area (Å²) in [5.74, 6) is 1.76. The van der Waals surface area contributed by atoms with Crippen molar-refractivity contribution in [2.45, 2.75) is 60.8 Å². The van der Waals surface area contributed by atoms with E-state index in [1.54, 1.807) is 0 Å². The van der Waals surface area contributed by atoms with Gasteiger partial charge in [0.25, 0.3) is 0 Å². The highest BCUT2D eigenvalue weighted by molar-refractivity contribution is 4.87. The summed E-state index contributed by atoms with van der Waals surface area (Å²) in [6, 6.07) is 0. The molecule has 0 spiro atoms. The van der Waals surface area contributed by atoms with Gasteiger partial charge in [-0.3, -0.25) is 0 Å². The highest BCUT2D eigenvalue weighted by atomic mass is 16.5. The van der Waals surface area contributed by atoms with Crippen LogP contribution < -0.4 is 0 Å². The van der Waals surface area contributed by atoms with Crippen molar-refractivity contribution in [3.63, 3.8) is 0 Å². The largest absolute Gasteiger partial charge is 0.339 e. The van der Waals surface area contributed by atoms with Crippen LogP contribution in [0.3, 0.4) is 0 Å². The van der Waals surface area contributed by atoms with Gasteiger partial charge < -0.3 is 4.52 Å². The maximum absolute atomic E-state index is 4.86.